The lowest BCUT2D eigenvalue weighted by Gasteiger charge is -2.30. The molecule has 0 spiro atoms. The molecule has 2 rings (SSSR count). The third-order valence-electron chi connectivity index (χ3n) is 4.50. The van der Waals surface area contributed by atoms with Gasteiger partial charge in [0.15, 0.2) is 0 Å². The first-order valence-electron chi connectivity index (χ1n) is 8.51. The lowest BCUT2D eigenvalue weighted by atomic mass is 9.78. The Bertz CT molecular complexity index is 397. The van der Waals surface area contributed by atoms with E-state index in [1.807, 2.05) is 0 Å². The number of nitrogens with one attached hydrogen (secondary N) is 1. The summed E-state index contributed by atoms with van der Waals surface area (Å²) < 4.78 is 0. The van der Waals surface area contributed by atoms with Crippen LogP contribution in [0.5, 0.6) is 0 Å². The standard InChI is InChI=1S/C19H31N/c1-4-12-20-18(13-15(2)3)14-17-10-7-9-16-8-5-6-11-19(16)17/h5-6,8,11,15,17-18,20H,4,7,9-10,12-14H2,1-3H3. The van der Waals surface area contributed by atoms with E-state index in [0.717, 1.165) is 18.4 Å². The fourth-order valence-electron chi connectivity index (χ4n) is 3.62. The molecule has 0 aliphatic heterocycles. The van der Waals surface area contributed by atoms with Crippen LogP contribution in [0.25, 0.3) is 0 Å². The molecule has 1 aliphatic carbocycles. The second-order valence-electron chi connectivity index (χ2n) is 6.80. The van der Waals surface area contributed by atoms with Gasteiger partial charge in [0.2, 0.25) is 0 Å². The number of hydrogen-bond acceptors (Lipinski definition) is 1. The zero-order chi connectivity index (χ0) is 14.4. The highest BCUT2D eigenvalue weighted by atomic mass is 14.9. The van der Waals surface area contributed by atoms with Crippen molar-refractivity contribution >= 4 is 0 Å². The van der Waals surface area contributed by atoms with Gasteiger partial charge in [0.1, 0.15) is 0 Å². The summed E-state index contributed by atoms with van der Waals surface area (Å²) in [6.07, 6.45) is 7.87. The van der Waals surface area contributed by atoms with Crippen LogP contribution in [0.1, 0.15) is 69.9 Å². The monoisotopic (exact) mass is 273 g/mol. The van der Waals surface area contributed by atoms with Crippen LogP contribution in [0.2, 0.25) is 0 Å². The van der Waals surface area contributed by atoms with Crippen LogP contribution in [-0.4, -0.2) is 12.6 Å². The molecule has 1 heteroatoms. The molecule has 0 heterocycles. The van der Waals surface area contributed by atoms with E-state index in [-0.39, 0.29) is 0 Å². The fraction of sp³-hybridized carbons (Fsp3) is 0.684. The van der Waals surface area contributed by atoms with E-state index in [2.05, 4.69) is 50.4 Å². The summed E-state index contributed by atoms with van der Waals surface area (Å²) in [5.41, 5.74) is 3.23. The van der Waals surface area contributed by atoms with E-state index in [4.69, 9.17) is 0 Å². The van der Waals surface area contributed by atoms with Crippen LogP contribution in [0, 0.1) is 5.92 Å². The maximum absolute atomic E-state index is 3.78. The first-order valence-corrected chi connectivity index (χ1v) is 8.51. The van der Waals surface area contributed by atoms with Crippen molar-refractivity contribution in [2.45, 2.75) is 71.3 Å². The molecule has 0 radical (unpaired) electrons. The van der Waals surface area contributed by atoms with Crippen LogP contribution in [-0.2, 0) is 6.42 Å². The molecule has 0 fully saturated rings. The Hall–Kier alpha value is -0.820. The Morgan fingerprint density at radius 3 is 2.80 bits per heavy atom. The summed E-state index contributed by atoms with van der Waals surface area (Å²) >= 11 is 0. The third-order valence-corrected chi connectivity index (χ3v) is 4.50. The summed E-state index contributed by atoms with van der Waals surface area (Å²) in [5.74, 6) is 1.55. The Morgan fingerprint density at radius 2 is 2.05 bits per heavy atom. The maximum Gasteiger partial charge on any atom is 0.00753 e. The van der Waals surface area contributed by atoms with Crippen molar-refractivity contribution in [2.75, 3.05) is 6.54 Å². The van der Waals surface area contributed by atoms with Crippen LogP contribution < -0.4 is 5.32 Å². The van der Waals surface area contributed by atoms with E-state index >= 15 is 0 Å². The molecule has 0 bridgehead atoms. The lowest BCUT2D eigenvalue weighted by molar-refractivity contribution is 0.359. The number of benzene rings is 1. The van der Waals surface area contributed by atoms with Gasteiger partial charge in [-0.25, -0.2) is 0 Å². The topological polar surface area (TPSA) is 12.0 Å². The predicted octanol–water partition coefficient (Wildman–Crippen LogP) is 4.91. The van der Waals surface area contributed by atoms with E-state index in [1.165, 1.54) is 38.5 Å². The van der Waals surface area contributed by atoms with Crippen molar-refractivity contribution in [3.05, 3.63) is 35.4 Å². The number of aryl methyl sites for hydroxylation is 1. The summed E-state index contributed by atoms with van der Waals surface area (Å²) in [6, 6.07) is 9.80. The minimum atomic E-state index is 0.686. The zero-order valence-corrected chi connectivity index (χ0v) is 13.5. The van der Waals surface area contributed by atoms with Crippen LogP contribution in [0.4, 0.5) is 0 Å². The molecule has 0 saturated carbocycles. The van der Waals surface area contributed by atoms with E-state index < -0.39 is 0 Å². The second-order valence-corrected chi connectivity index (χ2v) is 6.80. The maximum atomic E-state index is 3.78. The largest absolute Gasteiger partial charge is 0.314 e. The summed E-state index contributed by atoms with van der Waals surface area (Å²) in [5, 5.41) is 3.78. The Morgan fingerprint density at radius 1 is 1.25 bits per heavy atom. The quantitative estimate of drug-likeness (QED) is 0.744. The molecule has 0 saturated heterocycles. The first kappa shape index (κ1) is 15.6. The molecule has 1 aliphatic rings. The number of hydrogen-bond donors (Lipinski definition) is 1. The highest BCUT2D eigenvalue weighted by Gasteiger charge is 2.23. The van der Waals surface area contributed by atoms with Crippen molar-refractivity contribution in [1.29, 1.82) is 0 Å². The van der Waals surface area contributed by atoms with Gasteiger partial charge >= 0.3 is 0 Å². The van der Waals surface area contributed by atoms with Gasteiger partial charge in [0.25, 0.3) is 0 Å². The van der Waals surface area contributed by atoms with Crippen molar-refractivity contribution in [3.8, 4) is 0 Å². The Kier molecular flexibility index (Phi) is 6.09. The molecule has 1 aromatic rings. The molecule has 20 heavy (non-hydrogen) atoms. The van der Waals surface area contributed by atoms with Gasteiger partial charge in [-0.2, -0.15) is 0 Å². The van der Waals surface area contributed by atoms with Gasteiger partial charge < -0.3 is 5.32 Å². The lowest BCUT2D eigenvalue weighted by Crippen LogP contribution is -2.33. The van der Waals surface area contributed by atoms with Crippen LogP contribution in [0.15, 0.2) is 24.3 Å². The van der Waals surface area contributed by atoms with Gasteiger partial charge in [-0.3, -0.25) is 0 Å². The normalized spacial score (nSPS) is 19.9. The Balaban J connectivity index is 2.03. The molecule has 0 aromatic heterocycles. The molecular weight excluding hydrogens is 242 g/mol. The van der Waals surface area contributed by atoms with Gasteiger partial charge in [-0.05, 0) is 68.0 Å². The summed E-state index contributed by atoms with van der Waals surface area (Å²) in [7, 11) is 0. The van der Waals surface area contributed by atoms with E-state index in [0.29, 0.717) is 6.04 Å². The van der Waals surface area contributed by atoms with Crippen molar-refractivity contribution in [3.63, 3.8) is 0 Å². The highest BCUT2D eigenvalue weighted by molar-refractivity contribution is 5.32. The van der Waals surface area contributed by atoms with Gasteiger partial charge in [0, 0.05) is 6.04 Å². The predicted molar refractivity (Wildman–Crippen MR) is 88.3 cm³/mol. The van der Waals surface area contributed by atoms with Crippen LogP contribution in [0.3, 0.4) is 0 Å². The molecule has 112 valence electrons. The number of rotatable bonds is 7. The minimum Gasteiger partial charge on any atom is -0.314 e. The smallest absolute Gasteiger partial charge is 0.00753 e. The SMILES string of the molecule is CCCNC(CC(C)C)CC1CCCc2ccccc21. The molecule has 0 amide bonds. The van der Waals surface area contributed by atoms with Crippen molar-refractivity contribution in [2.24, 2.45) is 5.92 Å². The average molecular weight is 273 g/mol. The zero-order valence-electron chi connectivity index (χ0n) is 13.5. The fourth-order valence-corrected chi connectivity index (χ4v) is 3.62. The molecule has 2 unspecified atom stereocenters. The van der Waals surface area contributed by atoms with Gasteiger partial charge in [-0.15, -0.1) is 0 Å². The summed E-state index contributed by atoms with van der Waals surface area (Å²) in [4.78, 5) is 0. The van der Waals surface area contributed by atoms with Crippen LogP contribution >= 0.6 is 0 Å². The third kappa shape index (κ3) is 4.34. The van der Waals surface area contributed by atoms with E-state index in [1.54, 1.807) is 11.1 Å². The Labute approximate surface area is 125 Å². The molecule has 1 N–H and O–H groups in total. The molecular formula is C19H31N. The molecule has 1 aromatic carbocycles. The molecule has 2 atom stereocenters. The summed E-state index contributed by atoms with van der Waals surface area (Å²) in [6.45, 7) is 8.10. The molecule has 1 nitrogen and oxygen atoms in total. The minimum absolute atomic E-state index is 0.686. The van der Waals surface area contributed by atoms with Gasteiger partial charge in [0.05, 0.1) is 0 Å². The highest BCUT2D eigenvalue weighted by Crippen LogP contribution is 2.35. The second kappa shape index (κ2) is 7.83. The van der Waals surface area contributed by atoms with Crippen molar-refractivity contribution in [1.82, 2.24) is 5.32 Å². The van der Waals surface area contributed by atoms with Crippen molar-refractivity contribution < 1.29 is 0 Å². The first-order chi connectivity index (χ1) is 9.70. The number of fused-ring (bicyclic) bond motifs is 1. The average Bonchev–Trinajstić information content (AvgIpc) is 2.44. The van der Waals surface area contributed by atoms with E-state index in [9.17, 15) is 0 Å². The van der Waals surface area contributed by atoms with Gasteiger partial charge in [-0.1, -0.05) is 45.0 Å².